The molecule has 6 aromatic rings. The van der Waals surface area contributed by atoms with Crippen molar-refractivity contribution < 1.29 is 65.6 Å². The molecule has 2 aromatic heterocycles. The zero-order valence-electron chi connectivity index (χ0n) is 36.9. The lowest BCUT2D eigenvalue weighted by Gasteiger charge is -2.24. The Balaban J connectivity index is 0.000000188. The molecule has 4 aromatic carbocycles. The molecule has 2 aliphatic heterocycles. The molecule has 0 fully saturated rings. The van der Waals surface area contributed by atoms with Gasteiger partial charge in [0.1, 0.15) is 39.5 Å². The molecule has 0 amide bonds. The second-order valence-corrected chi connectivity index (χ2v) is 18.8. The smallest absolute Gasteiger partial charge is 0.308 e. The molecular formula is C48H45ClN2O14S2. The number of aromatic nitrogens is 1. The van der Waals surface area contributed by atoms with Crippen molar-refractivity contribution in [2.24, 2.45) is 5.92 Å². The lowest BCUT2D eigenvalue weighted by molar-refractivity contribution is -0.142. The molecule has 0 saturated heterocycles. The number of carboxylic acid groups (broad SMARTS) is 1. The van der Waals surface area contributed by atoms with Crippen LogP contribution in [0.5, 0.6) is 40.2 Å². The molecule has 16 nitrogen and oxygen atoms in total. The van der Waals surface area contributed by atoms with E-state index >= 15 is 0 Å². The number of nitrogens with one attached hydrogen (secondary N) is 1. The largest absolute Gasteiger partial charge is 0.497 e. The minimum atomic E-state index is -4.09. The number of halogens is 1. The van der Waals surface area contributed by atoms with Crippen LogP contribution in [0, 0.1) is 19.8 Å². The van der Waals surface area contributed by atoms with E-state index in [1.807, 2.05) is 56.3 Å². The van der Waals surface area contributed by atoms with Crippen LogP contribution >= 0.6 is 22.9 Å². The van der Waals surface area contributed by atoms with Gasteiger partial charge in [0.25, 0.3) is 15.9 Å². The standard InChI is InChI=1S/C30H30O8.C18H15ClN2O6S2/c1-4-11-35-20-7-8-21-23(13-20)28(22-9-6-19(34-3)14-25(22)36-15-17(2)31)29(30(32)33)27(21)18-5-10-24-26(12-18)38-16-37-24;1-9-5-13-14(26-8-25-13)7-11(9)6-12(22)17-15(3-4-28-17)29(23,24)21-18-16(19)10(2)20-27-18/h5-10,12-14,27-29H,4,11,15-16H2,1-3H3,(H,32,33);3-5,7,21H,6,8H2,1-2H3/t27-,28+,29+;/m1./s1. The number of hydrogen-bond donors (Lipinski definition) is 2. The first-order valence-corrected chi connectivity index (χ1v) is 23.7. The number of carboxylic acids is 1. The fourth-order valence-electron chi connectivity index (χ4n) is 8.18. The molecule has 2 N–H and O–H groups in total. The zero-order chi connectivity index (χ0) is 47.6. The predicted octanol–water partition coefficient (Wildman–Crippen LogP) is 9.12. The van der Waals surface area contributed by atoms with Crippen LogP contribution in [-0.2, 0) is 26.0 Å². The topological polar surface area (TPSA) is 208 Å². The van der Waals surface area contributed by atoms with Gasteiger partial charge in [0, 0.05) is 29.9 Å². The maximum absolute atomic E-state index is 13.0. The van der Waals surface area contributed by atoms with E-state index in [1.54, 1.807) is 43.7 Å². The summed E-state index contributed by atoms with van der Waals surface area (Å²) in [5.74, 6) is 0.526. The monoisotopic (exact) mass is 972 g/mol. The number of benzene rings is 4. The van der Waals surface area contributed by atoms with Crippen molar-refractivity contribution in [2.75, 3.05) is 38.6 Å². The van der Waals surface area contributed by atoms with Crippen molar-refractivity contribution >= 4 is 56.4 Å². The Kier molecular flexibility index (Phi) is 13.7. The minimum absolute atomic E-state index is 0.0215. The van der Waals surface area contributed by atoms with Crippen LogP contribution in [0.2, 0.25) is 5.02 Å². The molecule has 0 spiro atoms. The number of thiophene rings is 1. The highest BCUT2D eigenvalue weighted by atomic mass is 35.5. The minimum Gasteiger partial charge on any atom is -0.497 e. The van der Waals surface area contributed by atoms with Crippen LogP contribution in [0.15, 0.2) is 87.6 Å². The van der Waals surface area contributed by atoms with E-state index in [1.165, 1.54) is 13.0 Å². The first kappa shape index (κ1) is 46.8. The molecular weight excluding hydrogens is 928 g/mol. The van der Waals surface area contributed by atoms with Gasteiger partial charge in [0.05, 0.1) is 24.5 Å². The second-order valence-electron chi connectivity index (χ2n) is 15.8. The zero-order valence-corrected chi connectivity index (χ0v) is 39.3. The fourth-order valence-corrected chi connectivity index (χ4v) is 10.7. The predicted molar refractivity (Wildman–Crippen MR) is 245 cm³/mol. The molecule has 67 heavy (non-hydrogen) atoms. The molecule has 0 saturated carbocycles. The third-order valence-corrected chi connectivity index (χ3v) is 14.2. The Labute approximate surface area is 394 Å². The van der Waals surface area contributed by atoms with Gasteiger partial charge >= 0.3 is 5.97 Å². The number of ketones is 2. The SMILES string of the molecule is CCCOc1ccc2c(c1)[C@H](c1ccc(OC)cc1OCC(C)=O)[C@@H](C(=O)O)[C@@H]2c1ccc2c(c1)OCO2.Cc1cc2c(cc1CC(=O)c1sccc1S(=O)(=O)Nc1onc(C)c1Cl)OCO2. The number of sulfonamides is 1. The fraction of sp³-hybridized carbons (Fsp3) is 0.292. The van der Waals surface area contributed by atoms with Gasteiger partial charge in [-0.1, -0.05) is 41.9 Å². The second kappa shape index (κ2) is 19.6. The van der Waals surface area contributed by atoms with Gasteiger partial charge in [0.2, 0.25) is 13.6 Å². The highest BCUT2D eigenvalue weighted by molar-refractivity contribution is 7.93. The van der Waals surface area contributed by atoms with Crippen LogP contribution in [0.3, 0.4) is 0 Å². The molecule has 3 aliphatic rings. The van der Waals surface area contributed by atoms with E-state index in [0.717, 1.165) is 45.6 Å². The lowest BCUT2D eigenvalue weighted by atomic mass is 9.79. The van der Waals surface area contributed by atoms with E-state index in [2.05, 4.69) is 9.88 Å². The molecule has 3 atom stereocenters. The first-order valence-electron chi connectivity index (χ1n) is 21.0. The Bertz CT molecular complexity index is 2980. The van der Waals surface area contributed by atoms with Gasteiger partial charge in [-0.25, -0.2) is 13.1 Å². The number of aryl methyl sites for hydroxylation is 2. The summed E-state index contributed by atoms with van der Waals surface area (Å²) in [5, 5.41) is 15.9. The highest BCUT2D eigenvalue weighted by Gasteiger charge is 2.48. The Morgan fingerprint density at radius 1 is 0.851 bits per heavy atom. The molecule has 9 rings (SSSR count). The highest BCUT2D eigenvalue weighted by Crippen LogP contribution is 2.56. The van der Waals surface area contributed by atoms with Crippen molar-refractivity contribution in [3.05, 3.63) is 127 Å². The Hall–Kier alpha value is -6.76. The third-order valence-electron chi connectivity index (χ3n) is 11.3. The number of nitrogens with zero attached hydrogens (tertiary/aromatic N) is 1. The third kappa shape index (κ3) is 9.73. The number of aliphatic carboxylic acids is 1. The molecule has 4 heterocycles. The Morgan fingerprint density at radius 2 is 1.55 bits per heavy atom. The van der Waals surface area contributed by atoms with Crippen molar-refractivity contribution in [1.29, 1.82) is 0 Å². The number of methoxy groups -OCH3 is 1. The molecule has 1 aliphatic carbocycles. The Morgan fingerprint density at radius 3 is 2.24 bits per heavy atom. The van der Waals surface area contributed by atoms with Gasteiger partial charge in [-0.05, 0) is 109 Å². The van der Waals surface area contributed by atoms with Crippen molar-refractivity contribution in [3.8, 4) is 40.2 Å². The summed E-state index contributed by atoms with van der Waals surface area (Å²) in [6.07, 6.45) is 0.868. The van der Waals surface area contributed by atoms with Crippen LogP contribution in [-0.4, -0.2) is 70.1 Å². The summed E-state index contributed by atoms with van der Waals surface area (Å²) in [7, 11) is -2.55. The number of ether oxygens (including phenoxy) is 7. The summed E-state index contributed by atoms with van der Waals surface area (Å²) in [5.41, 5.74) is 5.14. The van der Waals surface area contributed by atoms with E-state index in [4.69, 9.17) is 49.3 Å². The van der Waals surface area contributed by atoms with E-state index in [9.17, 15) is 27.9 Å². The van der Waals surface area contributed by atoms with Crippen molar-refractivity contribution in [1.82, 2.24) is 5.16 Å². The molecule has 0 bridgehead atoms. The van der Waals surface area contributed by atoms with Gasteiger partial charge in [-0.15, -0.1) is 11.3 Å². The summed E-state index contributed by atoms with van der Waals surface area (Å²) in [6, 6.07) is 21.5. The molecule has 0 unspecified atom stereocenters. The average Bonchev–Trinajstić information content (AvgIpc) is 4.17. The normalized spacial score (nSPS) is 16.4. The quantitative estimate of drug-likeness (QED) is 0.0867. The lowest BCUT2D eigenvalue weighted by Crippen LogP contribution is -2.24. The van der Waals surface area contributed by atoms with E-state index < -0.39 is 33.7 Å². The molecule has 19 heteroatoms. The number of carbonyl (C=O) groups is 3. The van der Waals surface area contributed by atoms with Crippen LogP contribution < -0.4 is 37.9 Å². The summed E-state index contributed by atoms with van der Waals surface area (Å²) < 4.78 is 71.7. The van der Waals surface area contributed by atoms with E-state index in [-0.39, 0.29) is 58.9 Å². The summed E-state index contributed by atoms with van der Waals surface area (Å²) in [6.45, 7) is 7.58. The van der Waals surface area contributed by atoms with Crippen LogP contribution in [0.25, 0.3) is 0 Å². The number of rotatable bonds is 16. The van der Waals surface area contributed by atoms with Crippen LogP contribution in [0.1, 0.15) is 80.9 Å². The van der Waals surface area contributed by atoms with E-state index in [0.29, 0.717) is 58.1 Å². The van der Waals surface area contributed by atoms with Gasteiger partial charge < -0.3 is 42.8 Å². The number of hydrogen-bond acceptors (Lipinski definition) is 15. The number of anilines is 1. The molecule has 350 valence electrons. The van der Waals surface area contributed by atoms with Crippen LogP contribution in [0.4, 0.5) is 5.88 Å². The first-order chi connectivity index (χ1) is 32.2. The summed E-state index contributed by atoms with van der Waals surface area (Å²) in [4.78, 5) is 37.7. The van der Waals surface area contributed by atoms with Gasteiger partial charge in [0.15, 0.2) is 34.6 Å². The van der Waals surface area contributed by atoms with Gasteiger partial charge in [-0.3, -0.25) is 14.4 Å². The maximum atomic E-state index is 13.0. The number of carbonyl (C=O) groups excluding carboxylic acids is 2. The van der Waals surface area contributed by atoms with Gasteiger partial charge in [-0.2, -0.15) is 0 Å². The van der Waals surface area contributed by atoms with Crippen molar-refractivity contribution in [2.45, 2.75) is 57.3 Å². The average molecular weight is 973 g/mol. The number of fused-ring (bicyclic) bond motifs is 3. The maximum Gasteiger partial charge on any atom is 0.308 e. The summed E-state index contributed by atoms with van der Waals surface area (Å²) >= 11 is 7.03. The van der Waals surface area contributed by atoms with Crippen molar-refractivity contribution in [3.63, 3.8) is 0 Å². The molecule has 0 radical (unpaired) electrons. The number of Topliss-reactive ketones (excluding diaryl/α,β-unsaturated/α-hetero) is 2.